The molecular formula is C13H10Cl2F3N3. The van der Waals surface area contributed by atoms with Crippen molar-refractivity contribution in [2.75, 3.05) is 5.32 Å². The number of benzene rings is 1. The average molecular weight is 336 g/mol. The first kappa shape index (κ1) is 15.9. The Labute approximate surface area is 129 Å². The molecule has 21 heavy (non-hydrogen) atoms. The van der Waals surface area contributed by atoms with Gasteiger partial charge in [-0.15, -0.1) is 0 Å². The van der Waals surface area contributed by atoms with Crippen LogP contribution in [0.1, 0.15) is 17.0 Å². The van der Waals surface area contributed by atoms with Gasteiger partial charge < -0.3 is 5.32 Å². The SMILES string of the molecule is Cc1cc(Nc2cc(Cl)nc(C(F)(F)F)n2)c(C)cc1Cl. The molecule has 0 saturated carbocycles. The highest BCUT2D eigenvalue weighted by molar-refractivity contribution is 6.31. The van der Waals surface area contributed by atoms with E-state index < -0.39 is 12.0 Å². The Morgan fingerprint density at radius 3 is 2.29 bits per heavy atom. The van der Waals surface area contributed by atoms with E-state index in [9.17, 15) is 13.2 Å². The molecule has 1 heterocycles. The molecule has 0 atom stereocenters. The predicted octanol–water partition coefficient (Wildman–Crippen LogP) is 5.16. The highest BCUT2D eigenvalue weighted by Gasteiger charge is 2.35. The van der Waals surface area contributed by atoms with E-state index in [4.69, 9.17) is 23.2 Å². The summed E-state index contributed by atoms with van der Waals surface area (Å²) in [6.45, 7) is 3.57. The number of rotatable bonds is 2. The minimum Gasteiger partial charge on any atom is -0.340 e. The number of hydrogen-bond acceptors (Lipinski definition) is 3. The second kappa shape index (κ2) is 5.69. The van der Waals surface area contributed by atoms with Crippen molar-refractivity contribution < 1.29 is 13.2 Å². The molecule has 1 aromatic carbocycles. The van der Waals surface area contributed by atoms with E-state index in [1.807, 2.05) is 0 Å². The van der Waals surface area contributed by atoms with Crippen LogP contribution >= 0.6 is 23.2 Å². The third-order valence-corrected chi connectivity index (χ3v) is 3.32. The summed E-state index contributed by atoms with van der Waals surface area (Å²) in [6.07, 6.45) is -4.66. The Kier molecular flexibility index (Phi) is 4.30. The third-order valence-electron chi connectivity index (χ3n) is 2.72. The molecule has 112 valence electrons. The molecule has 0 aliphatic carbocycles. The second-order valence-electron chi connectivity index (χ2n) is 4.44. The summed E-state index contributed by atoms with van der Waals surface area (Å²) in [4.78, 5) is 6.60. The molecule has 0 amide bonds. The topological polar surface area (TPSA) is 37.8 Å². The van der Waals surface area contributed by atoms with Crippen LogP contribution in [-0.2, 0) is 6.18 Å². The van der Waals surface area contributed by atoms with Gasteiger partial charge in [0, 0.05) is 16.8 Å². The molecule has 0 unspecified atom stereocenters. The quantitative estimate of drug-likeness (QED) is 0.770. The number of aryl methyl sites for hydroxylation is 2. The van der Waals surface area contributed by atoms with Crippen LogP contribution in [0.15, 0.2) is 18.2 Å². The molecule has 0 aliphatic rings. The fourth-order valence-electron chi connectivity index (χ4n) is 1.66. The first-order valence-electron chi connectivity index (χ1n) is 5.82. The fourth-order valence-corrected chi connectivity index (χ4v) is 2.06. The number of anilines is 2. The van der Waals surface area contributed by atoms with Crippen molar-refractivity contribution in [2.45, 2.75) is 20.0 Å². The summed E-state index contributed by atoms with van der Waals surface area (Å²) < 4.78 is 38.0. The van der Waals surface area contributed by atoms with Crippen molar-refractivity contribution >= 4 is 34.7 Å². The molecule has 0 radical (unpaired) electrons. The van der Waals surface area contributed by atoms with Crippen LogP contribution in [0.3, 0.4) is 0 Å². The van der Waals surface area contributed by atoms with Gasteiger partial charge in [0.25, 0.3) is 0 Å². The predicted molar refractivity (Wildman–Crippen MR) is 76.3 cm³/mol. The van der Waals surface area contributed by atoms with Gasteiger partial charge in [0.05, 0.1) is 0 Å². The van der Waals surface area contributed by atoms with Gasteiger partial charge in [-0.25, -0.2) is 9.97 Å². The van der Waals surface area contributed by atoms with Crippen molar-refractivity contribution in [2.24, 2.45) is 0 Å². The van der Waals surface area contributed by atoms with Crippen LogP contribution in [0.25, 0.3) is 0 Å². The first-order chi connectivity index (χ1) is 9.66. The van der Waals surface area contributed by atoms with Crippen LogP contribution in [0, 0.1) is 13.8 Å². The van der Waals surface area contributed by atoms with Gasteiger partial charge in [0.2, 0.25) is 5.82 Å². The maximum absolute atomic E-state index is 12.7. The minimum atomic E-state index is -4.66. The van der Waals surface area contributed by atoms with Crippen molar-refractivity contribution in [1.82, 2.24) is 9.97 Å². The number of hydrogen-bond donors (Lipinski definition) is 1. The van der Waals surface area contributed by atoms with E-state index >= 15 is 0 Å². The van der Waals surface area contributed by atoms with Gasteiger partial charge in [-0.3, -0.25) is 0 Å². The van der Waals surface area contributed by atoms with Crippen molar-refractivity contribution in [3.8, 4) is 0 Å². The van der Waals surface area contributed by atoms with Gasteiger partial charge in [-0.05, 0) is 37.1 Å². The highest BCUT2D eigenvalue weighted by Crippen LogP contribution is 2.30. The van der Waals surface area contributed by atoms with Gasteiger partial charge in [-0.2, -0.15) is 13.2 Å². The standard InChI is InChI=1S/C13H10Cl2F3N3/c1-6-4-9(7(2)3-8(6)14)19-11-5-10(15)20-12(21-11)13(16,17)18/h3-5H,1-2H3,(H,19,20,21). The summed E-state index contributed by atoms with van der Waals surface area (Å²) in [6, 6.07) is 4.66. The number of alkyl halides is 3. The number of aromatic nitrogens is 2. The van der Waals surface area contributed by atoms with Crippen LogP contribution in [0.5, 0.6) is 0 Å². The second-order valence-corrected chi connectivity index (χ2v) is 5.23. The smallest absolute Gasteiger partial charge is 0.340 e. The summed E-state index contributed by atoms with van der Waals surface area (Å²) in [7, 11) is 0. The van der Waals surface area contributed by atoms with E-state index in [1.165, 1.54) is 6.07 Å². The van der Waals surface area contributed by atoms with Crippen molar-refractivity contribution in [1.29, 1.82) is 0 Å². The zero-order valence-corrected chi connectivity index (χ0v) is 12.5. The van der Waals surface area contributed by atoms with E-state index in [1.54, 1.807) is 26.0 Å². The summed E-state index contributed by atoms with van der Waals surface area (Å²) in [5.41, 5.74) is 2.16. The third kappa shape index (κ3) is 3.77. The Hall–Kier alpha value is -1.53. The van der Waals surface area contributed by atoms with E-state index in [-0.39, 0.29) is 11.0 Å². The van der Waals surface area contributed by atoms with Gasteiger partial charge in [0.15, 0.2) is 0 Å². The molecule has 0 aliphatic heterocycles. The van der Waals surface area contributed by atoms with E-state index in [0.717, 1.165) is 11.1 Å². The summed E-state index contributed by atoms with van der Waals surface area (Å²) in [5.74, 6) is -1.33. The lowest BCUT2D eigenvalue weighted by Crippen LogP contribution is -2.12. The van der Waals surface area contributed by atoms with E-state index in [2.05, 4.69) is 15.3 Å². The minimum absolute atomic E-state index is 0.0350. The maximum Gasteiger partial charge on any atom is 0.451 e. The van der Waals surface area contributed by atoms with Crippen LogP contribution in [0.2, 0.25) is 10.2 Å². The molecule has 8 heteroatoms. The number of halogens is 5. The Morgan fingerprint density at radius 2 is 1.67 bits per heavy atom. The lowest BCUT2D eigenvalue weighted by Gasteiger charge is -2.13. The molecular weight excluding hydrogens is 326 g/mol. The normalized spacial score (nSPS) is 11.6. The molecule has 2 rings (SSSR count). The fraction of sp³-hybridized carbons (Fsp3) is 0.231. The lowest BCUT2D eigenvalue weighted by atomic mass is 10.1. The molecule has 3 nitrogen and oxygen atoms in total. The zero-order valence-electron chi connectivity index (χ0n) is 11.0. The molecule has 2 aromatic rings. The summed E-state index contributed by atoms with van der Waals surface area (Å²) in [5, 5.41) is 3.09. The van der Waals surface area contributed by atoms with Crippen LogP contribution in [-0.4, -0.2) is 9.97 Å². The summed E-state index contributed by atoms with van der Waals surface area (Å²) >= 11 is 11.6. The molecule has 0 fully saturated rings. The molecule has 0 spiro atoms. The van der Waals surface area contributed by atoms with Gasteiger partial charge >= 0.3 is 6.18 Å². The Bertz CT molecular complexity index is 687. The van der Waals surface area contributed by atoms with E-state index in [0.29, 0.717) is 10.7 Å². The van der Waals surface area contributed by atoms with Crippen LogP contribution < -0.4 is 5.32 Å². The largest absolute Gasteiger partial charge is 0.451 e. The highest BCUT2D eigenvalue weighted by atomic mass is 35.5. The zero-order chi connectivity index (χ0) is 15.8. The van der Waals surface area contributed by atoms with Gasteiger partial charge in [-0.1, -0.05) is 23.2 Å². The van der Waals surface area contributed by atoms with Gasteiger partial charge in [0.1, 0.15) is 11.0 Å². The van der Waals surface area contributed by atoms with Crippen LogP contribution in [0.4, 0.5) is 24.7 Å². The first-order valence-corrected chi connectivity index (χ1v) is 6.58. The molecule has 1 N–H and O–H groups in total. The maximum atomic E-state index is 12.7. The number of nitrogens with one attached hydrogen (secondary N) is 1. The Morgan fingerprint density at radius 1 is 1.00 bits per heavy atom. The van der Waals surface area contributed by atoms with Crippen molar-refractivity contribution in [3.63, 3.8) is 0 Å². The number of nitrogens with zero attached hydrogens (tertiary/aromatic N) is 2. The molecule has 0 bridgehead atoms. The Balaban J connectivity index is 2.40. The molecule has 0 saturated heterocycles. The monoisotopic (exact) mass is 335 g/mol. The molecule has 1 aromatic heterocycles. The van der Waals surface area contributed by atoms with Crippen molar-refractivity contribution in [3.05, 3.63) is 45.3 Å². The lowest BCUT2D eigenvalue weighted by molar-refractivity contribution is -0.144. The average Bonchev–Trinajstić information content (AvgIpc) is 2.34.